The van der Waals surface area contributed by atoms with E-state index in [0.29, 0.717) is 11.1 Å². The zero-order valence-corrected chi connectivity index (χ0v) is 12.8. The molecule has 23 heavy (non-hydrogen) atoms. The van der Waals surface area contributed by atoms with Gasteiger partial charge in [0.1, 0.15) is 0 Å². The Kier molecular flexibility index (Phi) is 4.13. The average molecular weight is 314 g/mol. The van der Waals surface area contributed by atoms with Crippen molar-refractivity contribution in [1.82, 2.24) is 0 Å². The standard InChI is InChI=1S/C16H18N4O3/c1-7(21)9-3-5-11(15(19)13(9)17)23-12-6-4-10(8(2)22)14(18)16(12)20/h3-6H,17-20H2,1-2H3. The maximum absolute atomic E-state index is 11.4. The number of anilines is 4. The average Bonchev–Trinajstić information content (AvgIpc) is 2.48. The van der Waals surface area contributed by atoms with Crippen LogP contribution < -0.4 is 27.7 Å². The van der Waals surface area contributed by atoms with Crippen molar-refractivity contribution in [2.24, 2.45) is 0 Å². The highest BCUT2D eigenvalue weighted by molar-refractivity contribution is 6.03. The minimum Gasteiger partial charge on any atom is -0.453 e. The molecular formula is C16H18N4O3. The maximum atomic E-state index is 11.4. The molecule has 0 saturated heterocycles. The SMILES string of the molecule is CC(=O)c1ccc(Oc2ccc(C(C)=O)c(N)c2N)c(N)c1N. The third-order valence-corrected chi connectivity index (χ3v) is 3.47. The van der Waals surface area contributed by atoms with Gasteiger partial charge < -0.3 is 27.7 Å². The summed E-state index contributed by atoms with van der Waals surface area (Å²) in [5, 5.41) is 0. The summed E-state index contributed by atoms with van der Waals surface area (Å²) < 4.78 is 5.64. The Hall–Kier alpha value is -3.22. The topological polar surface area (TPSA) is 147 Å². The van der Waals surface area contributed by atoms with E-state index in [1.54, 1.807) is 0 Å². The minimum atomic E-state index is -0.199. The predicted molar refractivity (Wildman–Crippen MR) is 90.6 cm³/mol. The molecule has 0 amide bonds. The van der Waals surface area contributed by atoms with Crippen molar-refractivity contribution in [1.29, 1.82) is 0 Å². The van der Waals surface area contributed by atoms with Crippen LogP contribution in [0.2, 0.25) is 0 Å². The predicted octanol–water partition coefficient (Wildman–Crippen LogP) is 2.21. The Labute approximate surface area is 133 Å². The fourth-order valence-electron chi connectivity index (χ4n) is 2.14. The van der Waals surface area contributed by atoms with Crippen LogP contribution in [0.15, 0.2) is 24.3 Å². The van der Waals surface area contributed by atoms with E-state index >= 15 is 0 Å². The molecular weight excluding hydrogens is 296 g/mol. The fraction of sp³-hybridized carbons (Fsp3) is 0.125. The van der Waals surface area contributed by atoms with Gasteiger partial charge in [-0.15, -0.1) is 0 Å². The molecule has 0 fully saturated rings. The first-order valence-corrected chi connectivity index (χ1v) is 6.79. The first kappa shape index (κ1) is 16.2. The normalized spacial score (nSPS) is 10.3. The van der Waals surface area contributed by atoms with Crippen molar-refractivity contribution in [3.63, 3.8) is 0 Å². The number of nitrogens with two attached hydrogens (primary N) is 4. The van der Waals surface area contributed by atoms with Crippen molar-refractivity contribution >= 4 is 34.3 Å². The highest BCUT2D eigenvalue weighted by Gasteiger charge is 2.16. The van der Waals surface area contributed by atoms with E-state index in [1.165, 1.54) is 38.1 Å². The smallest absolute Gasteiger partial charge is 0.161 e. The van der Waals surface area contributed by atoms with E-state index in [1.807, 2.05) is 0 Å². The summed E-state index contributed by atoms with van der Waals surface area (Å²) in [6, 6.07) is 6.09. The van der Waals surface area contributed by atoms with Gasteiger partial charge >= 0.3 is 0 Å². The van der Waals surface area contributed by atoms with Gasteiger partial charge in [-0.05, 0) is 38.1 Å². The third-order valence-electron chi connectivity index (χ3n) is 3.47. The van der Waals surface area contributed by atoms with Gasteiger partial charge in [0.05, 0.1) is 22.7 Å². The first-order chi connectivity index (χ1) is 10.7. The zero-order valence-electron chi connectivity index (χ0n) is 12.8. The van der Waals surface area contributed by atoms with Crippen LogP contribution in [-0.4, -0.2) is 11.6 Å². The van der Waals surface area contributed by atoms with Crippen LogP contribution in [0.25, 0.3) is 0 Å². The molecule has 2 aromatic rings. The number of hydrogen-bond acceptors (Lipinski definition) is 7. The number of carbonyl (C=O) groups excluding carboxylic acids is 2. The van der Waals surface area contributed by atoms with E-state index in [-0.39, 0.29) is 45.8 Å². The molecule has 120 valence electrons. The highest BCUT2D eigenvalue weighted by atomic mass is 16.5. The van der Waals surface area contributed by atoms with Gasteiger partial charge in [-0.1, -0.05) is 0 Å². The summed E-state index contributed by atoms with van der Waals surface area (Å²) in [6.07, 6.45) is 0. The Morgan fingerprint density at radius 3 is 1.35 bits per heavy atom. The Bertz CT molecular complexity index is 748. The molecule has 2 rings (SSSR count). The van der Waals surface area contributed by atoms with Gasteiger partial charge in [0.15, 0.2) is 23.1 Å². The lowest BCUT2D eigenvalue weighted by Gasteiger charge is -2.15. The fourth-order valence-corrected chi connectivity index (χ4v) is 2.14. The number of rotatable bonds is 4. The number of ketones is 2. The molecule has 7 heteroatoms. The molecule has 2 aromatic carbocycles. The Balaban J connectivity index is 2.45. The molecule has 8 N–H and O–H groups in total. The number of ether oxygens (including phenoxy) is 1. The van der Waals surface area contributed by atoms with Crippen LogP contribution in [0.3, 0.4) is 0 Å². The van der Waals surface area contributed by atoms with Gasteiger partial charge in [0, 0.05) is 11.1 Å². The third kappa shape index (κ3) is 2.89. The Morgan fingerprint density at radius 2 is 1.04 bits per heavy atom. The lowest BCUT2D eigenvalue weighted by atomic mass is 10.1. The number of Topliss-reactive ketones (excluding diaryl/α,β-unsaturated/α-hetero) is 2. The Morgan fingerprint density at radius 1 is 0.696 bits per heavy atom. The zero-order chi connectivity index (χ0) is 17.3. The quantitative estimate of drug-likeness (QED) is 0.499. The van der Waals surface area contributed by atoms with E-state index in [4.69, 9.17) is 27.7 Å². The van der Waals surface area contributed by atoms with Crippen LogP contribution in [-0.2, 0) is 0 Å². The van der Waals surface area contributed by atoms with Gasteiger partial charge in [0.25, 0.3) is 0 Å². The molecule has 0 aliphatic heterocycles. The molecule has 0 spiro atoms. The molecule has 7 nitrogen and oxygen atoms in total. The van der Waals surface area contributed by atoms with Crippen molar-refractivity contribution in [2.75, 3.05) is 22.9 Å². The highest BCUT2D eigenvalue weighted by Crippen LogP contribution is 2.38. The van der Waals surface area contributed by atoms with Gasteiger partial charge in [0.2, 0.25) is 0 Å². The van der Waals surface area contributed by atoms with E-state index in [2.05, 4.69) is 0 Å². The van der Waals surface area contributed by atoms with Crippen LogP contribution >= 0.6 is 0 Å². The van der Waals surface area contributed by atoms with Gasteiger partial charge in [-0.3, -0.25) is 9.59 Å². The summed E-state index contributed by atoms with van der Waals surface area (Å²) in [7, 11) is 0. The molecule has 0 heterocycles. The molecule has 0 saturated carbocycles. The monoisotopic (exact) mass is 314 g/mol. The first-order valence-electron chi connectivity index (χ1n) is 6.79. The molecule has 0 atom stereocenters. The van der Waals surface area contributed by atoms with E-state index < -0.39 is 0 Å². The van der Waals surface area contributed by atoms with E-state index in [0.717, 1.165) is 0 Å². The molecule has 0 aliphatic carbocycles. The molecule has 0 radical (unpaired) electrons. The number of carbonyl (C=O) groups is 2. The second-order valence-corrected chi connectivity index (χ2v) is 5.09. The summed E-state index contributed by atoms with van der Waals surface area (Å²) in [4.78, 5) is 22.9. The van der Waals surface area contributed by atoms with Crippen LogP contribution in [0.4, 0.5) is 22.7 Å². The summed E-state index contributed by atoms with van der Waals surface area (Å²) in [6.45, 7) is 2.79. The molecule has 0 unspecified atom stereocenters. The summed E-state index contributed by atoms with van der Waals surface area (Å²) in [5.41, 5.74) is 24.7. The largest absolute Gasteiger partial charge is 0.453 e. The van der Waals surface area contributed by atoms with Crippen molar-refractivity contribution < 1.29 is 14.3 Å². The van der Waals surface area contributed by atoms with E-state index in [9.17, 15) is 9.59 Å². The van der Waals surface area contributed by atoms with Crippen LogP contribution in [0.1, 0.15) is 34.6 Å². The molecule has 0 aromatic heterocycles. The number of hydrogen-bond donors (Lipinski definition) is 4. The lowest BCUT2D eigenvalue weighted by Crippen LogP contribution is -2.07. The number of benzene rings is 2. The number of nitrogen functional groups attached to an aromatic ring is 4. The van der Waals surface area contributed by atoms with Crippen molar-refractivity contribution in [3.8, 4) is 11.5 Å². The second kappa shape index (κ2) is 5.88. The summed E-state index contributed by atoms with van der Waals surface area (Å²) in [5.74, 6) is 0.0917. The second-order valence-electron chi connectivity index (χ2n) is 5.09. The molecule has 0 bridgehead atoms. The van der Waals surface area contributed by atoms with Crippen molar-refractivity contribution in [3.05, 3.63) is 35.4 Å². The summed E-state index contributed by atoms with van der Waals surface area (Å²) >= 11 is 0. The van der Waals surface area contributed by atoms with Crippen molar-refractivity contribution in [2.45, 2.75) is 13.8 Å². The van der Waals surface area contributed by atoms with Crippen LogP contribution in [0, 0.1) is 0 Å². The van der Waals surface area contributed by atoms with Gasteiger partial charge in [-0.2, -0.15) is 0 Å². The van der Waals surface area contributed by atoms with Crippen LogP contribution in [0.5, 0.6) is 11.5 Å². The lowest BCUT2D eigenvalue weighted by molar-refractivity contribution is 0.101. The maximum Gasteiger partial charge on any atom is 0.161 e. The van der Waals surface area contributed by atoms with Gasteiger partial charge in [-0.25, -0.2) is 0 Å². The minimum absolute atomic E-state index is 0.131. The molecule has 0 aliphatic rings.